The van der Waals surface area contributed by atoms with Crippen molar-refractivity contribution in [3.63, 3.8) is 0 Å². The predicted molar refractivity (Wildman–Crippen MR) is 103 cm³/mol. The van der Waals surface area contributed by atoms with Crippen molar-refractivity contribution >= 4 is 11.7 Å². The molecule has 144 valence electrons. The van der Waals surface area contributed by atoms with Crippen molar-refractivity contribution < 1.29 is 13.7 Å². The molecule has 2 heterocycles. The fourth-order valence-corrected chi connectivity index (χ4v) is 3.44. The van der Waals surface area contributed by atoms with Crippen molar-refractivity contribution in [1.82, 2.24) is 15.0 Å². The maximum absolute atomic E-state index is 13.1. The van der Waals surface area contributed by atoms with Crippen LogP contribution in [0.2, 0.25) is 0 Å². The zero-order chi connectivity index (χ0) is 19.5. The summed E-state index contributed by atoms with van der Waals surface area (Å²) >= 11 is 0. The van der Waals surface area contributed by atoms with E-state index in [4.69, 9.17) is 4.52 Å². The minimum absolute atomic E-state index is 0.183. The van der Waals surface area contributed by atoms with Gasteiger partial charge in [-0.15, -0.1) is 0 Å². The standard InChI is InChI=1S/C21H21FN4O2/c1-14-5-4-6-17(13-14)23-21(27)26-12-3-2-7-18(26)20-24-19(25-28-20)15-8-10-16(22)11-9-15/h4-6,8-11,13,18H,2-3,7,12H2,1H3,(H,23,27)/t18-/m1/s1. The van der Waals surface area contributed by atoms with E-state index in [1.807, 2.05) is 31.2 Å². The van der Waals surface area contributed by atoms with E-state index >= 15 is 0 Å². The van der Waals surface area contributed by atoms with Gasteiger partial charge in [0, 0.05) is 17.8 Å². The molecule has 3 aromatic rings. The highest BCUT2D eigenvalue weighted by atomic mass is 19.1. The highest BCUT2D eigenvalue weighted by Crippen LogP contribution is 2.31. The normalized spacial score (nSPS) is 16.8. The molecule has 4 rings (SSSR count). The van der Waals surface area contributed by atoms with Crippen LogP contribution < -0.4 is 5.32 Å². The second-order valence-corrected chi connectivity index (χ2v) is 6.97. The average molecular weight is 380 g/mol. The van der Waals surface area contributed by atoms with Gasteiger partial charge in [-0.1, -0.05) is 17.3 Å². The Balaban J connectivity index is 1.54. The molecule has 6 nitrogen and oxygen atoms in total. The lowest BCUT2D eigenvalue weighted by Crippen LogP contribution is -2.41. The lowest BCUT2D eigenvalue weighted by atomic mass is 10.0. The number of carbonyl (C=O) groups is 1. The van der Waals surface area contributed by atoms with E-state index in [1.54, 1.807) is 17.0 Å². The lowest BCUT2D eigenvalue weighted by molar-refractivity contribution is 0.142. The molecule has 1 aromatic heterocycles. The number of aromatic nitrogens is 2. The van der Waals surface area contributed by atoms with Crippen LogP contribution in [-0.4, -0.2) is 27.6 Å². The molecule has 1 atom stereocenters. The zero-order valence-electron chi connectivity index (χ0n) is 15.6. The van der Waals surface area contributed by atoms with Crippen molar-refractivity contribution in [3.05, 3.63) is 65.8 Å². The number of likely N-dealkylation sites (tertiary alicyclic amines) is 1. The third kappa shape index (κ3) is 3.88. The molecule has 1 fully saturated rings. The van der Waals surface area contributed by atoms with E-state index in [0.29, 0.717) is 23.8 Å². The smallest absolute Gasteiger partial charge is 0.322 e. The molecule has 1 N–H and O–H groups in total. The summed E-state index contributed by atoms with van der Waals surface area (Å²) in [5.74, 6) is 0.469. The molecule has 0 bridgehead atoms. The number of hydrogen-bond donors (Lipinski definition) is 1. The van der Waals surface area contributed by atoms with E-state index in [-0.39, 0.29) is 17.9 Å². The average Bonchev–Trinajstić information content (AvgIpc) is 3.18. The van der Waals surface area contributed by atoms with Crippen molar-refractivity contribution in [1.29, 1.82) is 0 Å². The maximum Gasteiger partial charge on any atom is 0.322 e. The number of amides is 2. The monoisotopic (exact) mass is 380 g/mol. The Hall–Kier alpha value is -3.22. The van der Waals surface area contributed by atoms with Gasteiger partial charge in [-0.2, -0.15) is 4.98 Å². The number of benzene rings is 2. The molecule has 28 heavy (non-hydrogen) atoms. The summed E-state index contributed by atoms with van der Waals surface area (Å²) in [7, 11) is 0. The number of nitrogens with zero attached hydrogens (tertiary/aromatic N) is 3. The first kappa shape index (κ1) is 18.2. The van der Waals surface area contributed by atoms with E-state index in [1.165, 1.54) is 12.1 Å². The molecule has 0 unspecified atom stereocenters. The Morgan fingerprint density at radius 1 is 1.21 bits per heavy atom. The van der Waals surface area contributed by atoms with Crippen LogP contribution >= 0.6 is 0 Å². The molecule has 0 aliphatic carbocycles. The van der Waals surface area contributed by atoms with Crippen LogP contribution in [0.15, 0.2) is 53.1 Å². The summed E-state index contributed by atoms with van der Waals surface area (Å²) in [6.45, 7) is 2.60. The predicted octanol–water partition coefficient (Wildman–Crippen LogP) is 4.94. The number of anilines is 1. The number of hydrogen-bond acceptors (Lipinski definition) is 4. The van der Waals surface area contributed by atoms with Crippen LogP contribution in [0.3, 0.4) is 0 Å². The molecule has 2 amide bonds. The fraction of sp³-hybridized carbons (Fsp3) is 0.286. The highest BCUT2D eigenvalue weighted by molar-refractivity contribution is 5.89. The van der Waals surface area contributed by atoms with Gasteiger partial charge in [0.05, 0.1) is 0 Å². The summed E-state index contributed by atoms with van der Waals surface area (Å²) in [6.07, 6.45) is 2.66. The fourth-order valence-electron chi connectivity index (χ4n) is 3.44. The molecule has 2 aromatic carbocycles. The van der Waals surface area contributed by atoms with Crippen LogP contribution in [0, 0.1) is 12.7 Å². The number of urea groups is 1. The molecular weight excluding hydrogens is 359 g/mol. The number of rotatable bonds is 3. The number of nitrogens with one attached hydrogen (secondary N) is 1. The van der Waals surface area contributed by atoms with Gasteiger partial charge in [0.25, 0.3) is 0 Å². The number of halogens is 1. The third-order valence-corrected chi connectivity index (χ3v) is 4.86. The van der Waals surface area contributed by atoms with Gasteiger partial charge in [-0.05, 0) is 68.1 Å². The summed E-state index contributed by atoms with van der Waals surface area (Å²) < 4.78 is 18.6. The molecule has 1 saturated heterocycles. The van der Waals surface area contributed by atoms with Gasteiger partial charge in [-0.3, -0.25) is 0 Å². The van der Waals surface area contributed by atoms with Crippen LogP contribution in [0.1, 0.15) is 36.8 Å². The quantitative estimate of drug-likeness (QED) is 0.698. The Morgan fingerprint density at radius 2 is 2.04 bits per heavy atom. The summed E-state index contributed by atoms with van der Waals surface area (Å²) in [5.41, 5.74) is 2.50. The van der Waals surface area contributed by atoms with E-state index in [0.717, 1.165) is 30.5 Å². The number of aryl methyl sites for hydroxylation is 1. The van der Waals surface area contributed by atoms with Crippen molar-refractivity contribution in [2.75, 3.05) is 11.9 Å². The first-order valence-corrected chi connectivity index (χ1v) is 9.34. The summed E-state index contributed by atoms with van der Waals surface area (Å²) in [4.78, 5) is 19.1. The largest absolute Gasteiger partial charge is 0.337 e. The number of piperidine rings is 1. The Kier molecular flexibility index (Phi) is 5.06. The zero-order valence-corrected chi connectivity index (χ0v) is 15.6. The second-order valence-electron chi connectivity index (χ2n) is 6.97. The van der Waals surface area contributed by atoms with Gasteiger partial charge < -0.3 is 14.7 Å². The van der Waals surface area contributed by atoms with Gasteiger partial charge in [0.1, 0.15) is 11.9 Å². The summed E-state index contributed by atoms with van der Waals surface area (Å²) in [5, 5.41) is 6.97. The maximum atomic E-state index is 13.1. The molecule has 1 aliphatic rings. The second kappa shape index (κ2) is 7.80. The highest BCUT2D eigenvalue weighted by Gasteiger charge is 2.32. The van der Waals surface area contributed by atoms with Crippen molar-refractivity contribution in [2.24, 2.45) is 0 Å². The van der Waals surface area contributed by atoms with E-state index < -0.39 is 0 Å². The van der Waals surface area contributed by atoms with Gasteiger partial charge >= 0.3 is 6.03 Å². The Labute approximate surface area is 162 Å². The molecule has 0 saturated carbocycles. The van der Waals surface area contributed by atoms with Gasteiger partial charge in [-0.25, -0.2) is 9.18 Å². The van der Waals surface area contributed by atoms with Crippen LogP contribution in [0.25, 0.3) is 11.4 Å². The minimum Gasteiger partial charge on any atom is -0.337 e. The lowest BCUT2D eigenvalue weighted by Gasteiger charge is -2.33. The molecule has 7 heteroatoms. The minimum atomic E-state index is -0.321. The topological polar surface area (TPSA) is 71.3 Å². The summed E-state index contributed by atoms with van der Waals surface area (Å²) in [6, 6.07) is 13.1. The van der Waals surface area contributed by atoms with Crippen LogP contribution in [0.4, 0.5) is 14.9 Å². The molecule has 0 spiro atoms. The van der Waals surface area contributed by atoms with Crippen LogP contribution in [-0.2, 0) is 0 Å². The molecule has 1 aliphatic heterocycles. The first-order valence-electron chi connectivity index (χ1n) is 9.34. The third-order valence-electron chi connectivity index (χ3n) is 4.86. The van der Waals surface area contributed by atoms with E-state index in [9.17, 15) is 9.18 Å². The van der Waals surface area contributed by atoms with Crippen LogP contribution in [0.5, 0.6) is 0 Å². The van der Waals surface area contributed by atoms with Crippen molar-refractivity contribution in [3.8, 4) is 11.4 Å². The molecule has 0 radical (unpaired) electrons. The number of carbonyl (C=O) groups excluding carboxylic acids is 1. The SMILES string of the molecule is Cc1cccc(NC(=O)N2CCCC[C@@H]2c2nc(-c3ccc(F)cc3)no2)c1. The molecular formula is C21H21FN4O2. The Morgan fingerprint density at radius 3 is 2.82 bits per heavy atom. The van der Waals surface area contributed by atoms with Gasteiger partial charge in [0.2, 0.25) is 11.7 Å². The van der Waals surface area contributed by atoms with Crippen molar-refractivity contribution in [2.45, 2.75) is 32.2 Å². The Bertz CT molecular complexity index is 971. The first-order chi connectivity index (χ1) is 13.6. The van der Waals surface area contributed by atoms with Gasteiger partial charge in [0.15, 0.2) is 0 Å². The van der Waals surface area contributed by atoms with E-state index in [2.05, 4.69) is 15.5 Å².